The van der Waals surface area contributed by atoms with Crippen LogP contribution in [0.5, 0.6) is 0 Å². The molecule has 0 bridgehead atoms. The summed E-state index contributed by atoms with van der Waals surface area (Å²) in [6.07, 6.45) is 15.6. The maximum absolute atomic E-state index is 13.8. The first-order valence-electron chi connectivity index (χ1n) is 17.7. The zero-order valence-corrected chi connectivity index (χ0v) is 29.3. The number of allylic oxidation sites excluding steroid dienone is 1. The van der Waals surface area contributed by atoms with Gasteiger partial charge in [-0.15, -0.1) is 0 Å². The minimum absolute atomic E-state index is 0.175. The Morgan fingerprint density at radius 1 is 0.909 bits per heavy atom. The van der Waals surface area contributed by atoms with Gasteiger partial charge in [0.2, 0.25) is 0 Å². The second kappa shape index (κ2) is 12.1. The smallest absolute Gasteiger partial charge is 0.297 e. The van der Waals surface area contributed by atoms with Crippen LogP contribution in [-0.2, 0) is 14.3 Å². The van der Waals surface area contributed by atoms with Gasteiger partial charge in [0.05, 0.1) is 6.10 Å². The molecule has 2 aromatic carbocycles. The number of anilines is 1. The van der Waals surface area contributed by atoms with Crippen LogP contribution in [0.25, 0.3) is 10.8 Å². The summed E-state index contributed by atoms with van der Waals surface area (Å²) in [5.74, 6) is 4.84. The second-order valence-electron chi connectivity index (χ2n) is 16.2. The molecule has 0 aromatic heterocycles. The summed E-state index contributed by atoms with van der Waals surface area (Å²) in [6.45, 7) is 12.4. The largest absolute Gasteiger partial charge is 0.377 e. The zero-order valence-electron chi connectivity index (χ0n) is 28.4. The van der Waals surface area contributed by atoms with Gasteiger partial charge in [0.15, 0.2) is 0 Å². The minimum atomic E-state index is -3.90. The van der Waals surface area contributed by atoms with Gasteiger partial charge in [-0.1, -0.05) is 89.8 Å². The van der Waals surface area contributed by atoms with Crippen molar-refractivity contribution in [2.75, 3.05) is 19.0 Å². The summed E-state index contributed by atoms with van der Waals surface area (Å²) in [4.78, 5) is 2.31. The molecule has 0 heterocycles. The van der Waals surface area contributed by atoms with E-state index in [1.165, 1.54) is 56.9 Å². The summed E-state index contributed by atoms with van der Waals surface area (Å²) >= 11 is 0. The highest BCUT2D eigenvalue weighted by Crippen LogP contribution is 2.67. The van der Waals surface area contributed by atoms with Crippen LogP contribution < -0.4 is 4.90 Å². The van der Waals surface area contributed by atoms with Crippen molar-refractivity contribution in [2.24, 2.45) is 46.3 Å². The van der Waals surface area contributed by atoms with Crippen molar-refractivity contribution in [3.05, 3.63) is 48.0 Å². The standard InChI is InChI=1S/C39H57NO3S/c1-26(2)11-8-12-27(3)33-19-20-34-32-18-17-28-25-29(21-23-38(28,4)35(32)22-24-39(33,34)5)43-44(41,42)37-16-10-13-30-31(37)14-9-15-36(30)40(6)7/h9-10,13-17,26-27,29,32-35H,8,11-12,18-25H2,1-7H3/t27-,29+,32+,33-,34+,35+,38+,39-/m1/s1. The molecule has 6 rings (SSSR count). The van der Waals surface area contributed by atoms with Crippen LogP contribution in [0, 0.1) is 46.3 Å². The van der Waals surface area contributed by atoms with Crippen LogP contribution >= 0.6 is 0 Å². The number of nitrogens with zero attached hydrogens (tertiary/aromatic N) is 1. The third kappa shape index (κ3) is 5.57. The molecule has 3 saturated carbocycles. The Kier molecular flexibility index (Phi) is 8.80. The molecular weight excluding hydrogens is 563 g/mol. The van der Waals surface area contributed by atoms with Crippen LogP contribution in [0.15, 0.2) is 52.9 Å². The van der Waals surface area contributed by atoms with E-state index in [4.69, 9.17) is 4.18 Å². The Morgan fingerprint density at radius 2 is 1.66 bits per heavy atom. The Morgan fingerprint density at radius 3 is 2.41 bits per heavy atom. The predicted molar refractivity (Wildman–Crippen MR) is 183 cm³/mol. The SMILES string of the molecule is CC(C)CCC[C@@H](C)[C@H]1CC[C@H]2[C@@H]3CC=C4C[C@@H](OS(=O)(=O)c5cccc6c(N(C)C)cccc56)CC[C@]4(C)[C@H]3CC[C@]12C. The highest BCUT2D eigenvalue weighted by atomic mass is 32.2. The monoisotopic (exact) mass is 619 g/mol. The normalized spacial score (nSPS) is 34.3. The summed E-state index contributed by atoms with van der Waals surface area (Å²) in [5, 5.41) is 1.66. The Hall–Kier alpha value is -1.85. The van der Waals surface area contributed by atoms with E-state index in [2.05, 4.69) is 40.7 Å². The lowest BCUT2D eigenvalue weighted by molar-refractivity contribution is -0.0556. The lowest BCUT2D eigenvalue weighted by atomic mass is 9.47. The summed E-state index contributed by atoms with van der Waals surface area (Å²) in [5.41, 5.74) is 3.14. The van der Waals surface area contributed by atoms with Gasteiger partial charge in [-0.3, -0.25) is 4.18 Å². The van der Waals surface area contributed by atoms with Crippen molar-refractivity contribution in [3.63, 3.8) is 0 Å². The van der Waals surface area contributed by atoms with Crippen molar-refractivity contribution in [1.29, 1.82) is 0 Å². The Bertz CT molecular complexity index is 1490. The maximum Gasteiger partial charge on any atom is 0.297 e. The quantitative estimate of drug-likeness (QED) is 0.207. The van der Waals surface area contributed by atoms with E-state index < -0.39 is 10.1 Å². The average Bonchev–Trinajstić information content (AvgIpc) is 3.33. The molecule has 0 radical (unpaired) electrons. The molecule has 0 N–H and O–H groups in total. The number of rotatable bonds is 9. The topological polar surface area (TPSA) is 46.6 Å². The third-order valence-corrected chi connectivity index (χ3v) is 14.6. The summed E-state index contributed by atoms with van der Waals surface area (Å²) in [7, 11) is 0.0731. The molecule has 0 aliphatic heterocycles. The molecule has 0 unspecified atom stereocenters. The molecule has 5 heteroatoms. The molecule has 4 nitrogen and oxygen atoms in total. The second-order valence-corrected chi connectivity index (χ2v) is 17.8. The van der Waals surface area contributed by atoms with E-state index in [-0.39, 0.29) is 16.4 Å². The van der Waals surface area contributed by atoms with Crippen LogP contribution in [0.2, 0.25) is 0 Å². The van der Waals surface area contributed by atoms with Crippen LogP contribution in [0.3, 0.4) is 0 Å². The molecule has 4 aliphatic carbocycles. The van der Waals surface area contributed by atoms with Gasteiger partial charge in [0, 0.05) is 30.6 Å². The molecule has 0 saturated heterocycles. The fourth-order valence-electron chi connectivity index (χ4n) is 10.8. The number of hydrogen-bond acceptors (Lipinski definition) is 4. The van der Waals surface area contributed by atoms with E-state index >= 15 is 0 Å². The van der Waals surface area contributed by atoms with Gasteiger partial charge in [-0.05, 0) is 110 Å². The van der Waals surface area contributed by atoms with Gasteiger partial charge >= 0.3 is 0 Å². The lowest BCUT2D eigenvalue weighted by Gasteiger charge is -2.58. The van der Waals surface area contributed by atoms with E-state index in [1.54, 1.807) is 6.07 Å². The average molecular weight is 620 g/mol. The zero-order chi connectivity index (χ0) is 31.4. The molecule has 0 spiro atoms. The van der Waals surface area contributed by atoms with Gasteiger partial charge in [0.1, 0.15) is 4.90 Å². The van der Waals surface area contributed by atoms with Crippen molar-refractivity contribution in [1.82, 2.24) is 0 Å². The molecule has 8 atom stereocenters. The predicted octanol–water partition coefficient (Wildman–Crippen LogP) is 10.0. The summed E-state index contributed by atoms with van der Waals surface area (Å²) < 4.78 is 33.6. The van der Waals surface area contributed by atoms with Crippen LogP contribution in [0.1, 0.15) is 105 Å². The first kappa shape index (κ1) is 32.1. The highest BCUT2D eigenvalue weighted by molar-refractivity contribution is 7.87. The van der Waals surface area contributed by atoms with Crippen LogP contribution in [-0.4, -0.2) is 28.6 Å². The minimum Gasteiger partial charge on any atom is -0.377 e. The van der Waals surface area contributed by atoms with Gasteiger partial charge < -0.3 is 4.90 Å². The van der Waals surface area contributed by atoms with E-state index in [0.717, 1.165) is 71.2 Å². The van der Waals surface area contributed by atoms with E-state index in [9.17, 15) is 8.42 Å². The van der Waals surface area contributed by atoms with E-state index in [1.807, 2.05) is 49.3 Å². The molecule has 4 aliphatic rings. The molecular formula is C39H57NO3S. The number of fused-ring (bicyclic) bond motifs is 6. The molecule has 0 amide bonds. The van der Waals surface area contributed by atoms with Crippen molar-refractivity contribution in [3.8, 4) is 0 Å². The highest BCUT2D eigenvalue weighted by Gasteiger charge is 2.59. The molecule has 2 aromatic rings. The lowest BCUT2D eigenvalue weighted by Crippen LogP contribution is -2.51. The maximum atomic E-state index is 13.8. The van der Waals surface area contributed by atoms with Crippen molar-refractivity contribution < 1.29 is 12.6 Å². The van der Waals surface area contributed by atoms with E-state index in [0.29, 0.717) is 5.41 Å². The Labute approximate surface area is 268 Å². The molecule has 3 fully saturated rings. The first-order chi connectivity index (χ1) is 20.8. The fourth-order valence-corrected chi connectivity index (χ4v) is 12.2. The third-order valence-electron chi connectivity index (χ3n) is 13.1. The fraction of sp³-hybridized carbons (Fsp3) is 0.692. The first-order valence-corrected chi connectivity index (χ1v) is 19.1. The van der Waals surface area contributed by atoms with Gasteiger partial charge in [-0.2, -0.15) is 8.42 Å². The van der Waals surface area contributed by atoms with Gasteiger partial charge in [-0.25, -0.2) is 0 Å². The van der Waals surface area contributed by atoms with Crippen molar-refractivity contribution in [2.45, 2.75) is 116 Å². The van der Waals surface area contributed by atoms with Gasteiger partial charge in [0.25, 0.3) is 10.1 Å². The number of benzene rings is 2. The Balaban J connectivity index is 1.17. The molecule has 242 valence electrons. The summed E-state index contributed by atoms with van der Waals surface area (Å²) in [6, 6.07) is 11.4. The number of hydrogen-bond donors (Lipinski definition) is 0. The van der Waals surface area contributed by atoms with Crippen LogP contribution in [0.4, 0.5) is 5.69 Å². The van der Waals surface area contributed by atoms with Crippen molar-refractivity contribution >= 4 is 26.6 Å². The molecule has 44 heavy (non-hydrogen) atoms.